The molecule has 0 spiro atoms. The van der Waals surface area contributed by atoms with Crippen molar-refractivity contribution in [2.45, 2.75) is 19.1 Å². The van der Waals surface area contributed by atoms with Gasteiger partial charge < -0.3 is 14.6 Å². The second kappa shape index (κ2) is 6.42. The number of hydrogen-bond acceptors (Lipinski definition) is 3. The highest BCUT2D eigenvalue weighted by Crippen LogP contribution is 2.25. The highest BCUT2D eigenvalue weighted by molar-refractivity contribution is 14.1. The Morgan fingerprint density at radius 1 is 1.40 bits per heavy atom. The van der Waals surface area contributed by atoms with Crippen LogP contribution < -0.4 is 0 Å². The first-order valence-corrected chi connectivity index (χ1v) is 5.77. The summed E-state index contributed by atoms with van der Waals surface area (Å²) in [5.74, 6) is 0. The van der Waals surface area contributed by atoms with Crippen LogP contribution in [0.5, 0.6) is 0 Å². The van der Waals surface area contributed by atoms with Gasteiger partial charge in [-0.2, -0.15) is 0 Å². The molecule has 4 heteroatoms. The number of halogens is 1. The van der Waals surface area contributed by atoms with Crippen LogP contribution >= 0.6 is 22.6 Å². The molecule has 0 amide bonds. The van der Waals surface area contributed by atoms with E-state index in [2.05, 4.69) is 22.6 Å². The molecule has 0 bridgehead atoms. The molecule has 0 saturated heterocycles. The molecule has 0 radical (unpaired) electrons. The predicted molar refractivity (Wildman–Crippen MR) is 66.5 cm³/mol. The molecule has 0 aromatic heterocycles. The lowest BCUT2D eigenvalue weighted by Crippen LogP contribution is -2.20. The summed E-state index contributed by atoms with van der Waals surface area (Å²) >= 11 is 2.23. The second-order valence-corrected chi connectivity index (χ2v) is 4.42. The van der Waals surface area contributed by atoms with Gasteiger partial charge in [0.25, 0.3) is 0 Å². The predicted octanol–water partition coefficient (Wildman–Crippen LogP) is 2.33. The summed E-state index contributed by atoms with van der Waals surface area (Å²) in [5, 5.41) is 9.63. The molecule has 15 heavy (non-hydrogen) atoms. The molecule has 0 heterocycles. The van der Waals surface area contributed by atoms with E-state index in [-0.39, 0.29) is 12.9 Å². The molecule has 84 valence electrons. The van der Waals surface area contributed by atoms with Crippen molar-refractivity contribution < 1.29 is 14.6 Å². The van der Waals surface area contributed by atoms with E-state index in [9.17, 15) is 5.11 Å². The van der Waals surface area contributed by atoms with E-state index in [4.69, 9.17) is 9.47 Å². The van der Waals surface area contributed by atoms with Crippen molar-refractivity contribution in [2.24, 2.45) is 0 Å². The molecule has 2 atom stereocenters. The maximum Gasteiger partial charge on any atom is 0.147 e. The Labute approximate surface area is 104 Å². The third kappa shape index (κ3) is 3.71. The fourth-order valence-electron chi connectivity index (χ4n) is 1.34. The largest absolute Gasteiger partial charge is 0.390 e. The highest BCUT2D eigenvalue weighted by Gasteiger charge is 2.19. The Kier molecular flexibility index (Phi) is 5.52. The van der Waals surface area contributed by atoms with Gasteiger partial charge in [-0.1, -0.05) is 18.2 Å². The molecule has 1 rings (SSSR count). The molecule has 0 aliphatic carbocycles. The fourth-order valence-corrected chi connectivity index (χ4v) is 2.03. The Hall–Kier alpha value is -0.170. The maximum absolute atomic E-state index is 9.63. The normalized spacial score (nSPS) is 14.9. The van der Waals surface area contributed by atoms with Gasteiger partial charge >= 0.3 is 0 Å². The third-order valence-corrected chi connectivity index (χ3v) is 3.00. The minimum absolute atomic E-state index is 0.181. The number of hydrogen-bond donors (Lipinski definition) is 1. The van der Waals surface area contributed by atoms with E-state index < -0.39 is 6.10 Å². The Morgan fingerprint density at radius 3 is 2.60 bits per heavy atom. The zero-order valence-corrected chi connectivity index (χ0v) is 11.0. The van der Waals surface area contributed by atoms with Crippen LogP contribution in [0.4, 0.5) is 0 Å². The molecule has 3 nitrogen and oxygen atoms in total. The van der Waals surface area contributed by atoms with Crippen LogP contribution in [0.25, 0.3) is 0 Å². The summed E-state index contributed by atoms with van der Waals surface area (Å²) < 4.78 is 11.4. The summed E-state index contributed by atoms with van der Waals surface area (Å²) in [4.78, 5) is 0. The van der Waals surface area contributed by atoms with Gasteiger partial charge in [0.05, 0.1) is 6.10 Å². The van der Waals surface area contributed by atoms with Gasteiger partial charge in [0.2, 0.25) is 0 Å². The van der Waals surface area contributed by atoms with Crippen molar-refractivity contribution in [3.8, 4) is 0 Å². The average Bonchev–Trinajstić information content (AvgIpc) is 2.20. The van der Waals surface area contributed by atoms with Crippen LogP contribution in [0.15, 0.2) is 24.3 Å². The van der Waals surface area contributed by atoms with E-state index in [1.54, 1.807) is 14.0 Å². The Morgan fingerprint density at radius 2 is 2.07 bits per heavy atom. The highest BCUT2D eigenvalue weighted by atomic mass is 127. The fraction of sp³-hybridized carbons (Fsp3) is 0.455. The Bertz CT molecular complexity index is 302. The van der Waals surface area contributed by atoms with Crippen LogP contribution in [0.2, 0.25) is 0 Å². The molecule has 0 unspecified atom stereocenters. The van der Waals surface area contributed by atoms with Crippen LogP contribution in [0.3, 0.4) is 0 Å². The van der Waals surface area contributed by atoms with Crippen molar-refractivity contribution in [1.82, 2.24) is 0 Å². The molecule has 1 aromatic carbocycles. The van der Waals surface area contributed by atoms with Crippen LogP contribution in [-0.2, 0) is 9.47 Å². The van der Waals surface area contributed by atoms with Crippen molar-refractivity contribution in [3.05, 3.63) is 33.4 Å². The molecule has 0 aliphatic heterocycles. The SMILES string of the molecule is COCO[C@@H](c1ccccc1I)[C@H](C)O. The summed E-state index contributed by atoms with van der Waals surface area (Å²) in [6.45, 7) is 1.89. The number of benzene rings is 1. The molecule has 1 aromatic rings. The molecular formula is C11H15IO3. The topological polar surface area (TPSA) is 38.7 Å². The molecule has 1 N–H and O–H groups in total. The number of aliphatic hydroxyl groups excluding tert-OH is 1. The van der Waals surface area contributed by atoms with E-state index in [0.29, 0.717) is 0 Å². The molecular weight excluding hydrogens is 307 g/mol. The zero-order valence-electron chi connectivity index (χ0n) is 8.81. The Balaban J connectivity index is 2.84. The van der Waals surface area contributed by atoms with Gasteiger partial charge in [0.15, 0.2) is 0 Å². The monoisotopic (exact) mass is 322 g/mol. The smallest absolute Gasteiger partial charge is 0.147 e. The van der Waals surface area contributed by atoms with Crippen LogP contribution in [-0.4, -0.2) is 25.1 Å². The molecule has 0 aliphatic rings. The summed E-state index contributed by atoms with van der Waals surface area (Å²) in [6, 6.07) is 7.83. The first kappa shape index (κ1) is 12.9. The average molecular weight is 322 g/mol. The standard InChI is InChI=1S/C11H15IO3/c1-8(13)11(15-7-14-2)9-5-3-4-6-10(9)12/h3-6,8,11,13H,7H2,1-2H3/t8-,11+/m0/s1. The molecule has 0 saturated carbocycles. The summed E-state index contributed by atoms with van der Waals surface area (Å²) in [5.41, 5.74) is 0.991. The van der Waals surface area contributed by atoms with Gasteiger partial charge in [-0.3, -0.25) is 0 Å². The summed E-state index contributed by atoms with van der Waals surface area (Å²) in [7, 11) is 1.56. The van der Waals surface area contributed by atoms with Gasteiger partial charge in [-0.05, 0) is 41.1 Å². The first-order chi connectivity index (χ1) is 7.16. The maximum atomic E-state index is 9.63. The van der Waals surface area contributed by atoms with Crippen LogP contribution in [0.1, 0.15) is 18.6 Å². The lowest BCUT2D eigenvalue weighted by molar-refractivity contribution is -0.110. The van der Waals surface area contributed by atoms with Gasteiger partial charge in [-0.15, -0.1) is 0 Å². The van der Waals surface area contributed by atoms with Gasteiger partial charge in [0, 0.05) is 10.7 Å². The number of ether oxygens (including phenoxy) is 2. The van der Waals surface area contributed by atoms with Gasteiger partial charge in [0.1, 0.15) is 12.9 Å². The molecule has 0 fully saturated rings. The number of methoxy groups -OCH3 is 1. The number of aliphatic hydroxyl groups is 1. The van der Waals surface area contributed by atoms with Crippen molar-refractivity contribution in [3.63, 3.8) is 0 Å². The lowest BCUT2D eigenvalue weighted by atomic mass is 10.1. The van der Waals surface area contributed by atoms with Crippen molar-refractivity contribution in [1.29, 1.82) is 0 Å². The zero-order chi connectivity index (χ0) is 11.3. The van der Waals surface area contributed by atoms with Gasteiger partial charge in [-0.25, -0.2) is 0 Å². The second-order valence-electron chi connectivity index (χ2n) is 3.26. The number of rotatable bonds is 5. The van der Waals surface area contributed by atoms with E-state index in [0.717, 1.165) is 9.13 Å². The van der Waals surface area contributed by atoms with Crippen molar-refractivity contribution in [2.75, 3.05) is 13.9 Å². The van der Waals surface area contributed by atoms with E-state index >= 15 is 0 Å². The minimum atomic E-state index is -0.559. The van der Waals surface area contributed by atoms with Crippen LogP contribution in [0, 0.1) is 3.57 Å². The minimum Gasteiger partial charge on any atom is -0.390 e. The quantitative estimate of drug-likeness (QED) is 0.668. The first-order valence-electron chi connectivity index (χ1n) is 4.70. The van der Waals surface area contributed by atoms with Crippen molar-refractivity contribution >= 4 is 22.6 Å². The van der Waals surface area contributed by atoms with E-state index in [1.807, 2.05) is 24.3 Å². The third-order valence-electron chi connectivity index (χ3n) is 2.02. The lowest BCUT2D eigenvalue weighted by Gasteiger charge is -2.21. The summed E-state index contributed by atoms with van der Waals surface area (Å²) in [6.07, 6.45) is -0.894. The van der Waals surface area contributed by atoms with E-state index in [1.165, 1.54) is 0 Å².